The first-order chi connectivity index (χ1) is 14.0. The average Bonchev–Trinajstić information content (AvgIpc) is 3.36. The van der Waals surface area contributed by atoms with Crippen LogP contribution in [-0.2, 0) is 6.42 Å². The van der Waals surface area contributed by atoms with Crippen molar-refractivity contribution in [3.8, 4) is 0 Å². The molecule has 3 aromatic heterocycles. The summed E-state index contributed by atoms with van der Waals surface area (Å²) in [6.07, 6.45) is 3.81. The van der Waals surface area contributed by atoms with Gasteiger partial charge in [-0.2, -0.15) is 0 Å². The molecule has 0 saturated carbocycles. The Bertz CT molecular complexity index is 1150. The van der Waals surface area contributed by atoms with E-state index in [0.29, 0.717) is 17.8 Å². The maximum absolute atomic E-state index is 12.8. The Balaban J connectivity index is 1.58. The van der Waals surface area contributed by atoms with Crippen molar-refractivity contribution in [1.29, 1.82) is 0 Å². The van der Waals surface area contributed by atoms with E-state index in [2.05, 4.69) is 31.5 Å². The van der Waals surface area contributed by atoms with Crippen molar-refractivity contribution >= 4 is 44.3 Å². The second-order valence-electron chi connectivity index (χ2n) is 6.94. The van der Waals surface area contributed by atoms with Gasteiger partial charge >= 0.3 is 0 Å². The number of rotatable bonds is 6. The Morgan fingerprint density at radius 3 is 2.79 bits per heavy atom. The molecule has 1 aromatic carbocycles. The van der Waals surface area contributed by atoms with Crippen molar-refractivity contribution < 1.29 is 13.6 Å². The quantitative estimate of drug-likeness (QED) is 0.397. The molecule has 0 bridgehead atoms. The fourth-order valence-corrected chi connectivity index (χ4v) is 3.36. The molecule has 1 amide bonds. The number of carbonyl (C=O) groups excluding carboxylic acids is 1. The summed E-state index contributed by atoms with van der Waals surface area (Å²) < 4.78 is 11.9. The zero-order valence-corrected chi connectivity index (χ0v) is 17.6. The van der Waals surface area contributed by atoms with Crippen LogP contribution >= 0.6 is 15.9 Å². The van der Waals surface area contributed by atoms with E-state index in [1.165, 1.54) is 0 Å². The zero-order chi connectivity index (χ0) is 20.4. The molecule has 0 spiro atoms. The minimum Gasteiger partial charge on any atom is -0.469 e. The van der Waals surface area contributed by atoms with E-state index in [0.717, 1.165) is 26.9 Å². The number of hydrogen-bond acceptors (Lipinski definition) is 5. The third-order valence-electron chi connectivity index (χ3n) is 4.57. The first-order valence-corrected chi connectivity index (χ1v) is 10.0. The minimum atomic E-state index is -0.266. The Kier molecular flexibility index (Phi) is 5.40. The van der Waals surface area contributed by atoms with Gasteiger partial charge in [0.05, 0.1) is 17.9 Å². The number of halogens is 1. The van der Waals surface area contributed by atoms with Gasteiger partial charge in [-0.15, -0.1) is 0 Å². The van der Waals surface area contributed by atoms with Gasteiger partial charge in [0.15, 0.2) is 0 Å². The largest absolute Gasteiger partial charge is 0.469 e. The van der Waals surface area contributed by atoms with E-state index in [9.17, 15) is 4.79 Å². The summed E-state index contributed by atoms with van der Waals surface area (Å²) in [6, 6.07) is 13.0. The summed E-state index contributed by atoms with van der Waals surface area (Å²) in [4.78, 5) is 17.3. The monoisotopic (exact) mass is 453 g/mol. The van der Waals surface area contributed by atoms with Gasteiger partial charge in [0.1, 0.15) is 22.9 Å². The summed E-state index contributed by atoms with van der Waals surface area (Å²) >= 11 is 3.50. The molecule has 4 rings (SSSR count). The second kappa shape index (κ2) is 8.13. The molecule has 2 N–H and O–H groups in total. The Hall–Kier alpha value is -3.06. The van der Waals surface area contributed by atoms with E-state index >= 15 is 0 Å². The van der Waals surface area contributed by atoms with Crippen LogP contribution in [0.5, 0.6) is 0 Å². The molecule has 0 aliphatic carbocycles. The van der Waals surface area contributed by atoms with Crippen LogP contribution in [0.2, 0.25) is 0 Å². The molecule has 0 aliphatic heterocycles. The smallest absolute Gasteiger partial charge is 0.270 e. The highest BCUT2D eigenvalue weighted by molar-refractivity contribution is 9.10. The van der Waals surface area contributed by atoms with Crippen LogP contribution in [0.1, 0.15) is 28.7 Å². The number of aryl methyl sites for hydroxylation is 1. The fourth-order valence-electron chi connectivity index (χ4n) is 3.12. The van der Waals surface area contributed by atoms with Crippen LogP contribution in [0.15, 0.2) is 68.3 Å². The number of carbonyl (C=O) groups is 1. The van der Waals surface area contributed by atoms with Gasteiger partial charge in [0, 0.05) is 28.7 Å². The predicted molar refractivity (Wildman–Crippen MR) is 116 cm³/mol. The summed E-state index contributed by atoms with van der Waals surface area (Å²) in [5.41, 5.74) is 2.86. The number of nitrogens with zero attached hydrogens (tertiary/aromatic N) is 1. The summed E-state index contributed by atoms with van der Waals surface area (Å²) in [5.74, 6) is 1.12. The van der Waals surface area contributed by atoms with E-state index in [1.807, 2.05) is 50.2 Å². The van der Waals surface area contributed by atoms with E-state index in [1.54, 1.807) is 18.6 Å². The van der Waals surface area contributed by atoms with Crippen molar-refractivity contribution in [3.63, 3.8) is 0 Å². The summed E-state index contributed by atoms with van der Waals surface area (Å²) in [7, 11) is 0. The average molecular weight is 454 g/mol. The maximum Gasteiger partial charge on any atom is 0.270 e. The van der Waals surface area contributed by atoms with Crippen molar-refractivity contribution in [2.45, 2.75) is 26.3 Å². The molecule has 29 heavy (non-hydrogen) atoms. The number of hydrogen-bond donors (Lipinski definition) is 2. The molecule has 148 valence electrons. The molecule has 0 radical (unpaired) electrons. The molecular weight excluding hydrogens is 434 g/mol. The van der Waals surface area contributed by atoms with Crippen LogP contribution < -0.4 is 10.6 Å². The number of pyridine rings is 1. The SMILES string of the molecule is Cc1cc(Nc2nc(C(=O)N[C@H](C)Cc3ccco3)cc3occc23)ccc1Br. The molecule has 6 nitrogen and oxygen atoms in total. The van der Waals surface area contributed by atoms with Crippen molar-refractivity contribution in [1.82, 2.24) is 10.3 Å². The van der Waals surface area contributed by atoms with Crippen LogP contribution in [0, 0.1) is 6.92 Å². The van der Waals surface area contributed by atoms with Crippen molar-refractivity contribution in [3.05, 3.63) is 76.5 Å². The van der Waals surface area contributed by atoms with Gasteiger partial charge in [0.2, 0.25) is 0 Å². The lowest BCUT2D eigenvalue weighted by Gasteiger charge is -2.14. The highest BCUT2D eigenvalue weighted by Crippen LogP contribution is 2.28. The summed E-state index contributed by atoms with van der Waals surface area (Å²) in [5, 5.41) is 7.07. The molecule has 0 unspecified atom stereocenters. The van der Waals surface area contributed by atoms with Crippen molar-refractivity contribution in [2.75, 3.05) is 5.32 Å². The number of nitrogens with one attached hydrogen (secondary N) is 2. The first-order valence-electron chi connectivity index (χ1n) is 9.24. The molecular formula is C22H20BrN3O3. The number of furan rings is 2. The molecule has 0 fully saturated rings. The van der Waals surface area contributed by atoms with Crippen LogP contribution in [0.25, 0.3) is 11.0 Å². The maximum atomic E-state index is 12.8. The van der Waals surface area contributed by atoms with E-state index in [4.69, 9.17) is 8.83 Å². The van der Waals surface area contributed by atoms with Gasteiger partial charge < -0.3 is 19.5 Å². The van der Waals surface area contributed by atoms with Crippen LogP contribution in [0.4, 0.5) is 11.5 Å². The first kappa shape index (κ1) is 19.3. The molecule has 7 heteroatoms. The summed E-state index contributed by atoms with van der Waals surface area (Å²) in [6.45, 7) is 3.94. The molecule has 1 atom stereocenters. The van der Waals surface area contributed by atoms with Gasteiger partial charge in [-0.05, 0) is 55.8 Å². The lowest BCUT2D eigenvalue weighted by Crippen LogP contribution is -2.34. The number of aromatic nitrogens is 1. The second-order valence-corrected chi connectivity index (χ2v) is 7.79. The Morgan fingerprint density at radius 2 is 2.03 bits per heavy atom. The standard InChI is InChI=1S/C22H20BrN3O3/c1-13-10-15(5-6-18(13)23)25-21-17-7-9-29-20(17)12-19(26-21)22(27)24-14(2)11-16-4-3-8-28-16/h3-10,12,14H,11H2,1-2H3,(H,24,27)(H,25,26)/t14-/m1/s1. The van der Waals surface area contributed by atoms with E-state index in [-0.39, 0.29) is 17.6 Å². The molecule has 3 heterocycles. The van der Waals surface area contributed by atoms with Crippen molar-refractivity contribution in [2.24, 2.45) is 0 Å². The Labute approximate surface area is 176 Å². The lowest BCUT2D eigenvalue weighted by atomic mass is 10.2. The predicted octanol–water partition coefficient (Wildman–Crippen LogP) is 5.60. The fraction of sp³-hybridized carbons (Fsp3) is 0.182. The highest BCUT2D eigenvalue weighted by atomic mass is 79.9. The number of benzene rings is 1. The number of amides is 1. The van der Waals surface area contributed by atoms with Crippen LogP contribution in [-0.4, -0.2) is 16.9 Å². The molecule has 0 aliphatic rings. The van der Waals surface area contributed by atoms with Gasteiger partial charge in [0.25, 0.3) is 5.91 Å². The van der Waals surface area contributed by atoms with E-state index < -0.39 is 0 Å². The van der Waals surface area contributed by atoms with Gasteiger partial charge in [-0.25, -0.2) is 4.98 Å². The lowest BCUT2D eigenvalue weighted by molar-refractivity contribution is 0.0934. The van der Waals surface area contributed by atoms with Crippen LogP contribution in [0.3, 0.4) is 0 Å². The topological polar surface area (TPSA) is 80.3 Å². The van der Waals surface area contributed by atoms with Gasteiger partial charge in [-0.1, -0.05) is 15.9 Å². The Morgan fingerprint density at radius 1 is 1.17 bits per heavy atom. The molecule has 4 aromatic rings. The minimum absolute atomic E-state index is 0.103. The zero-order valence-electron chi connectivity index (χ0n) is 16.0. The molecule has 0 saturated heterocycles. The third-order valence-corrected chi connectivity index (χ3v) is 5.46. The van der Waals surface area contributed by atoms with Gasteiger partial charge in [-0.3, -0.25) is 4.79 Å². The third kappa shape index (κ3) is 4.35. The number of anilines is 2. The number of fused-ring (bicyclic) bond motifs is 1. The normalized spacial score (nSPS) is 12.1. The highest BCUT2D eigenvalue weighted by Gasteiger charge is 2.17.